The van der Waals surface area contributed by atoms with Gasteiger partial charge in [-0.25, -0.2) is 4.68 Å². The van der Waals surface area contributed by atoms with Gasteiger partial charge in [0.05, 0.1) is 10.7 Å². The van der Waals surface area contributed by atoms with E-state index in [1.807, 2.05) is 17.3 Å². The lowest BCUT2D eigenvalue weighted by molar-refractivity contribution is 0.0621. The highest BCUT2D eigenvalue weighted by atomic mass is 79.9. The molecule has 1 fully saturated rings. The second kappa shape index (κ2) is 8.28. The van der Waals surface area contributed by atoms with Gasteiger partial charge < -0.3 is 4.90 Å². The van der Waals surface area contributed by atoms with Crippen molar-refractivity contribution >= 4 is 21.8 Å². The van der Waals surface area contributed by atoms with Crippen LogP contribution < -0.4 is 0 Å². The molecule has 0 unspecified atom stereocenters. The standard InChI is InChI=1S/C20H23BrN6O/c1-16-3-2-4-17(11-16)13-24-7-9-25(10-8-24)20(28)19-5-6-26(23-19)15-27-14-18(21)12-22-27/h2-6,11-12,14H,7-10,13,15H2,1H3. The van der Waals surface area contributed by atoms with Crippen LogP contribution in [0.15, 0.2) is 53.4 Å². The highest BCUT2D eigenvalue weighted by molar-refractivity contribution is 9.10. The van der Waals surface area contributed by atoms with Crippen molar-refractivity contribution in [2.24, 2.45) is 0 Å². The van der Waals surface area contributed by atoms with Crippen LogP contribution in [0.3, 0.4) is 0 Å². The first-order valence-electron chi connectivity index (χ1n) is 9.35. The lowest BCUT2D eigenvalue weighted by Crippen LogP contribution is -2.48. The number of carbonyl (C=O) groups excluding carboxylic acids is 1. The molecule has 1 aliphatic heterocycles. The second-order valence-corrected chi connectivity index (χ2v) is 8.05. The minimum absolute atomic E-state index is 0.00407. The fraction of sp³-hybridized carbons (Fsp3) is 0.350. The number of amides is 1. The zero-order chi connectivity index (χ0) is 19.5. The molecule has 2 aromatic heterocycles. The Morgan fingerprint density at radius 1 is 1.14 bits per heavy atom. The van der Waals surface area contributed by atoms with Gasteiger partial charge in [-0.05, 0) is 34.5 Å². The summed E-state index contributed by atoms with van der Waals surface area (Å²) in [7, 11) is 0. The molecule has 28 heavy (non-hydrogen) atoms. The maximum Gasteiger partial charge on any atom is 0.274 e. The van der Waals surface area contributed by atoms with Gasteiger partial charge in [0.25, 0.3) is 5.91 Å². The van der Waals surface area contributed by atoms with Crippen LogP contribution in [0.25, 0.3) is 0 Å². The summed E-state index contributed by atoms with van der Waals surface area (Å²) in [5.74, 6) is -0.00407. The molecule has 3 heterocycles. The van der Waals surface area contributed by atoms with Crippen LogP contribution in [0, 0.1) is 6.92 Å². The molecule has 1 saturated heterocycles. The Kier molecular flexibility index (Phi) is 5.59. The average Bonchev–Trinajstić information content (AvgIpc) is 3.31. The van der Waals surface area contributed by atoms with E-state index >= 15 is 0 Å². The quantitative estimate of drug-likeness (QED) is 0.609. The number of nitrogens with zero attached hydrogens (tertiary/aromatic N) is 6. The van der Waals surface area contributed by atoms with E-state index in [4.69, 9.17) is 0 Å². The molecule has 1 aliphatic rings. The highest BCUT2D eigenvalue weighted by Crippen LogP contribution is 2.12. The molecular formula is C20H23BrN6O. The Balaban J connectivity index is 1.31. The molecule has 8 heteroatoms. The summed E-state index contributed by atoms with van der Waals surface area (Å²) in [4.78, 5) is 17.1. The van der Waals surface area contributed by atoms with Gasteiger partial charge in [-0.3, -0.25) is 14.4 Å². The summed E-state index contributed by atoms with van der Waals surface area (Å²) in [6.45, 7) is 6.72. The van der Waals surface area contributed by atoms with Crippen molar-refractivity contribution in [1.29, 1.82) is 0 Å². The smallest absolute Gasteiger partial charge is 0.274 e. The number of benzene rings is 1. The Morgan fingerprint density at radius 2 is 1.96 bits per heavy atom. The Morgan fingerprint density at radius 3 is 2.68 bits per heavy atom. The van der Waals surface area contributed by atoms with Gasteiger partial charge in [-0.2, -0.15) is 10.2 Å². The van der Waals surface area contributed by atoms with Crippen LogP contribution >= 0.6 is 15.9 Å². The largest absolute Gasteiger partial charge is 0.335 e. The molecule has 146 valence electrons. The average molecular weight is 443 g/mol. The topological polar surface area (TPSA) is 59.2 Å². The molecule has 0 spiro atoms. The number of rotatable bonds is 5. The van der Waals surface area contributed by atoms with Crippen LogP contribution in [-0.2, 0) is 13.2 Å². The predicted molar refractivity (Wildman–Crippen MR) is 110 cm³/mol. The van der Waals surface area contributed by atoms with Crippen molar-refractivity contribution in [3.63, 3.8) is 0 Å². The SMILES string of the molecule is Cc1cccc(CN2CCN(C(=O)c3ccn(Cn4cc(Br)cn4)n3)CC2)c1. The molecule has 0 aliphatic carbocycles. The van der Waals surface area contributed by atoms with Crippen molar-refractivity contribution in [3.05, 3.63) is 70.2 Å². The Hall–Kier alpha value is -2.45. The van der Waals surface area contributed by atoms with E-state index in [-0.39, 0.29) is 5.91 Å². The van der Waals surface area contributed by atoms with E-state index in [1.54, 1.807) is 21.6 Å². The molecule has 0 saturated carbocycles. The van der Waals surface area contributed by atoms with Gasteiger partial charge >= 0.3 is 0 Å². The number of carbonyl (C=O) groups is 1. The third kappa shape index (κ3) is 4.51. The van der Waals surface area contributed by atoms with Gasteiger partial charge in [0, 0.05) is 45.1 Å². The van der Waals surface area contributed by atoms with Gasteiger partial charge in [0.15, 0.2) is 0 Å². The summed E-state index contributed by atoms with van der Waals surface area (Å²) >= 11 is 3.38. The maximum absolute atomic E-state index is 12.8. The molecule has 1 amide bonds. The second-order valence-electron chi connectivity index (χ2n) is 7.14. The van der Waals surface area contributed by atoms with E-state index < -0.39 is 0 Å². The third-order valence-corrected chi connectivity index (χ3v) is 5.31. The first-order chi connectivity index (χ1) is 13.6. The van der Waals surface area contributed by atoms with Gasteiger partial charge in [-0.15, -0.1) is 0 Å². The van der Waals surface area contributed by atoms with E-state index in [9.17, 15) is 4.79 Å². The predicted octanol–water partition coefficient (Wildman–Crippen LogP) is 2.61. The van der Waals surface area contributed by atoms with E-state index in [0.29, 0.717) is 12.4 Å². The van der Waals surface area contributed by atoms with Crippen molar-refractivity contribution in [1.82, 2.24) is 29.4 Å². The summed E-state index contributed by atoms with van der Waals surface area (Å²) in [6, 6.07) is 10.4. The lowest BCUT2D eigenvalue weighted by Gasteiger charge is -2.34. The minimum atomic E-state index is -0.00407. The van der Waals surface area contributed by atoms with Crippen molar-refractivity contribution in [2.45, 2.75) is 20.1 Å². The lowest BCUT2D eigenvalue weighted by atomic mass is 10.1. The van der Waals surface area contributed by atoms with Crippen molar-refractivity contribution in [3.8, 4) is 0 Å². The molecule has 4 rings (SSSR count). The number of halogens is 1. The van der Waals surface area contributed by atoms with E-state index in [2.05, 4.69) is 62.2 Å². The third-order valence-electron chi connectivity index (χ3n) is 4.90. The van der Waals surface area contributed by atoms with Crippen LogP contribution in [0.4, 0.5) is 0 Å². The molecule has 3 aromatic rings. The molecule has 0 atom stereocenters. The molecule has 7 nitrogen and oxygen atoms in total. The van der Waals surface area contributed by atoms with Crippen molar-refractivity contribution in [2.75, 3.05) is 26.2 Å². The zero-order valence-electron chi connectivity index (χ0n) is 15.8. The number of aromatic nitrogens is 4. The number of aryl methyl sites for hydroxylation is 1. The molecule has 1 aromatic carbocycles. The van der Waals surface area contributed by atoms with E-state index in [1.165, 1.54) is 11.1 Å². The van der Waals surface area contributed by atoms with Crippen LogP contribution in [-0.4, -0.2) is 61.4 Å². The van der Waals surface area contributed by atoms with Crippen molar-refractivity contribution < 1.29 is 4.79 Å². The summed E-state index contributed by atoms with van der Waals surface area (Å²) in [5.41, 5.74) is 3.09. The molecule has 0 bridgehead atoms. The first kappa shape index (κ1) is 18.9. The zero-order valence-corrected chi connectivity index (χ0v) is 17.4. The fourth-order valence-electron chi connectivity index (χ4n) is 3.46. The van der Waals surface area contributed by atoms with Crippen LogP contribution in [0.5, 0.6) is 0 Å². The number of hydrogen-bond donors (Lipinski definition) is 0. The maximum atomic E-state index is 12.8. The molecular weight excluding hydrogens is 420 g/mol. The monoisotopic (exact) mass is 442 g/mol. The molecule has 0 radical (unpaired) electrons. The summed E-state index contributed by atoms with van der Waals surface area (Å²) < 4.78 is 4.40. The van der Waals surface area contributed by atoms with E-state index in [0.717, 1.165) is 37.2 Å². The summed E-state index contributed by atoms with van der Waals surface area (Å²) in [6.07, 6.45) is 5.42. The fourth-order valence-corrected chi connectivity index (χ4v) is 3.79. The molecule has 0 N–H and O–H groups in total. The minimum Gasteiger partial charge on any atom is -0.335 e. The summed E-state index contributed by atoms with van der Waals surface area (Å²) in [5, 5.41) is 8.63. The normalized spacial score (nSPS) is 15.1. The Bertz CT molecular complexity index is 957. The van der Waals surface area contributed by atoms with Crippen LogP contribution in [0.1, 0.15) is 21.6 Å². The van der Waals surface area contributed by atoms with Gasteiger partial charge in [-0.1, -0.05) is 29.8 Å². The number of hydrogen-bond acceptors (Lipinski definition) is 4. The highest BCUT2D eigenvalue weighted by Gasteiger charge is 2.23. The Labute approximate surface area is 172 Å². The van der Waals surface area contributed by atoms with Crippen LogP contribution in [0.2, 0.25) is 0 Å². The number of piperazine rings is 1. The van der Waals surface area contributed by atoms with Gasteiger partial charge in [0.1, 0.15) is 12.4 Å². The van der Waals surface area contributed by atoms with Gasteiger partial charge in [0.2, 0.25) is 0 Å². The first-order valence-corrected chi connectivity index (χ1v) is 10.1.